The van der Waals surface area contributed by atoms with E-state index in [0.29, 0.717) is 45.7 Å². The Morgan fingerprint density at radius 3 is 2.50 bits per heavy atom. The fourth-order valence-corrected chi connectivity index (χ4v) is 3.73. The highest BCUT2D eigenvalue weighted by molar-refractivity contribution is 6.30. The van der Waals surface area contributed by atoms with Crippen molar-refractivity contribution in [3.05, 3.63) is 64.0 Å². The Kier molecular flexibility index (Phi) is 7.99. The first-order valence-electron chi connectivity index (χ1n) is 11.0. The number of oxazole rings is 1. The summed E-state index contributed by atoms with van der Waals surface area (Å²) < 4.78 is 16.5. The molecular formula is C26H28ClNO6. The molecule has 1 atom stereocenters. The van der Waals surface area contributed by atoms with Crippen LogP contribution in [0.1, 0.15) is 67.4 Å². The van der Waals surface area contributed by atoms with Gasteiger partial charge in [-0.15, -0.1) is 0 Å². The summed E-state index contributed by atoms with van der Waals surface area (Å²) in [6, 6.07) is 9.87. The molecule has 1 N–H and O–H groups in total. The van der Waals surface area contributed by atoms with Gasteiger partial charge in [0.2, 0.25) is 12.2 Å². The number of hydrogen-bond acceptors (Lipinski definition) is 7. The molecule has 3 aromatic rings. The van der Waals surface area contributed by atoms with E-state index in [2.05, 4.69) is 4.98 Å². The Morgan fingerprint density at radius 2 is 1.88 bits per heavy atom. The monoisotopic (exact) mass is 485 g/mol. The Bertz CT molecular complexity index is 1200. The van der Waals surface area contributed by atoms with Gasteiger partial charge in [0, 0.05) is 43.2 Å². The van der Waals surface area contributed by atoms with Crippen molar-refractivity contribution in [2.24, 2.45) is 0 Å². The Morgan fingerprint density at radius 1 is 1.15 bits per heavy atom. The predicted molar refractivity (Wildman–Crippen MR) is 128 cm³/mol. The van der Waals surface area contributed by atoms with Crippen LogP contribution in [0.15, 0.2) is 40.8 Å². The highest BCUT2D eigenvalue weighted by atomic mass is 35.5. The first kappa shape index (κ1) is 25.3. The molecule has 3 rings (SSSR count). The summed E-state index contributed by atoms with van der Waals surface area (Å²) in [5.74, 6) is 1.06. The molecule has 180 valence electrons. The van der Waals surface area contributed by atoms with Crippen LogP contribution < -0.4 is 4.74 Å². The van der Waals surface area contributed by atoms with E-state index in [4.69, 9.17) is 25.5 Å². The number of phenols is 1. The molecule has 8 heteroatoms. The van der Waals surface area contributed by atoms with Crippen LogP contribution in [0.5, 0.6) is 11.5 Å². The molecular weight excluding hydrogens is 458 g/mol. The van der Waals surface area contributed by atoms with Gasteiger partial charge >= 0.3 is 5.97 Å². The second-order valence-corrected chi connectivity index (χ2v) is 8.78. The van der Waals surface area contributed by atoms with E-state index in [1.165, 1.54) is 13.0 Å². The van der Waals surface area contributed by atoms with Crippen molar-refractivity contribution in [1.82, 2.24) is 4.98 Å². The number of esters is 1. The molecule has 1 unspecified atom stereocenters. The molecule has 0 aliphatic carbocycles. The number of nitrogens with zero attached hydrogens (tertiary/aromatic N) is 1. The highest BCUT2D eigenvalue weighted by Gasteiger charge is 2.21. The molecule has 0 aliphatic heterocycles. The molecule has 7 nitrogen and oxygen atoms in total. The van der Waals surface area contributed by atoms with Crippen molar-refractivity contribution in [3.8, 4) is 23.0 Å². The zero-order valence-electron chi connectivity index (χ0n) is 19.8. The number of ether oxygens (including phenoxy) is 2. The second-order valence-electron chi connectivity index (χ2n) is 8.34. The number of benzene rings is 2. The Hall–Kier alpha value is -3.32. The first-order valence-corrected chi connectivity index (χ1v) is 11.4. The SMILES string of the molecule is CC(=O)OC(C)Oc1ccc(C(=O)CCc2nc(-c3ccc(Cl)cc3O)oc2C(C)C)cc1C. The van der Waals surface area contributed by atoms with E-state index in [9.17, 15) is 14.7 Å². The number of aromatic nitrogens is 1. The summed E-state index contributed by atoms with van der Waals surface area (Å²) in [5, 5.41) is 10.6. The summed E-state index contributed by atoms with van der Waals surface area (Å²) in [4.78, 5) is 28.5. The van der Waals surface area contributed by atoms with Crippen molar-refractivity contribution in [1.29, 1.82) is 0 Å². The average molecular weight is 486 g/mol. The standard InChI is InChI=1S/C26H28ClNO6/c1-14(2)25-21(28-26(34-25)20-8-7-19(27)13-23(20)31)9-10-22(30)18-6-11-24(15(3)12-18)33-17(5)32-16(4)29/h6-8,11-14,17,31H,9-10H2,1-5H3. The lowest BCUT2D eigenvalue weighted by Crippen LogP contribution is -2.19. The van der Waals surface area contributed by atoms with Gasteiger partial charge in [-0.2, -0.15) is 0 Å². The van der Waals surface area contributed by atoms with Crippen LogP contribution in [0, 0.1) is 6.92 Å². The number of rotatable bonds is 9. The molecule has 1 aromatic heterocycles. The van der Waals surface area contributed by atoms with Gasteiger partial charge in [-0.3, -0.25) is 9.59 Å². The van der Waals surface area contributed by atoms with Crippen molar-refractivity contribution in [2.75, 3.05) is 0 Å². The summed E-state index contributed by atoms with van der Waals surface area (Å²) in [5.41, 5.74) is 2.43. The third-order valence-electron chi connectivity index (χ3n) is 5.15. The number of aryl methyl sites for hydroxylation is 2. The number of carbonyl (C=O) groups excluding carboxylic acids is 2. The number of phenolic OH excluding ortho intramolecular Hbond substituents is 1. The van der Waals surface area contributed by atoms with E-state index in [1.807, 2.05) is 20.8 Å². The third-order valence-corrected chi connectivity index (χ3v) is 5.39. The maximum atomic E-state index is 12.9. The van der Waals surface area contributed by atoms with Crippen molar-refractivity contribution < 1.29 is 28.6 Å². The zero-order chi connectivity index (χ0) is 25.0. The van der Waals surface area contributed by atoms with Crippen LogP contribution in [-0.4, -0.2) is 28.1 Å². The smallest absolute Gasteiger partial charge is 0.305 e. The summed E-state index contributed by atoms with van der Waals surface area (Å²) in [6.45, 7) is 8.73. The van der Waals surface area contributed by atoms with Gasteiger partial charge in [0.15, 0.2) is 5.78 Å². The average Bonchev–Trinajstić information content (AvgIpc) is 3.17. The van der Waals surface area contributed by atoms with Crippen LogP contribution in [0.25, 0.3) is 11.5 Å². The second kappa shape index (κ2) is 10.7. The Balaban J connectivity index is 1.73. The fraction of sp³-hybridized carbons (Fsp3) is 0.346. The quantitative estimate of drug-likeness (QED) is 0.217. The van der Waals surface area contributed by atoms with Crippen LogP contribution in [-0.2, 0) is 16.0 Å². The highest BCUT2D eigenvalue weighted by Crippen LogP contribution is 2.34. The maximum absolute atomic E-state index is 12.9. The van der Waals surface area contributed by atoms with E-state index >= 15 is 0 Å². The molecule has 0 amide bonds. The predicted octanol–water partition coefficient (Wildman–Crippen LogP) is 6.24. The molecule has 2 aromatic carbocycles. The maximum Gasteiger partial charge on any atom is 0.305 e. The molecule has 0 saturated heterocycles. The van der Waals surface area contributed by atoms with Crippen LogP contribution in [0.4, 0.5) is 0 Å². The van der Waals surface area contributed by atoms with Gasteiger partial charge in [0.25, 0.3) is 0 Å². The van der Waals surface area contributed by atoms with Crippen molar-refractivity contribution in [2.45, 2.75) is 59.7 Å². The van der Waals surface area contributed by atoms with Gasteiger partial charge in [0.05, 0.1) is 11.3 Å². The van der Waals surface area contributed by atoms with Gasteiger partial charge in [-0.05, 0) is 48.9 Å². The Labute approximate surface area is 203 Å². The molecule has 34 heavy (non-hydrogen) atoms. The largest absolute Gasteiger partial charge is 0.507 e. The number of carbonyl (C=O) groups is 2. The molecule has 0 bridgehead atoms. The van der Waals surface area contributed by atoms with E-state index in [1.54, 1.807) is 37.3 Å². The first-order chi connectivity index (χ1) is 16.0. The summed E-state index contributed by atoms with van der Waals surface area (Å²) >= 11 is 5.92. The van der Waals surface area contributed by atoms with E-state index in [0.717, 1.165) is 5.56 Å². The van der Waals surface area contributed by atoms with Gasteiger partial charge in [-0.1, -0.05) is 25.4 Å². The molecule has 1 heterocycles. The number of Topliss-reactive ketones (excluding diaryl/α,β-unsaturated/α-hetero) is 1. The molecule has 0 radical (unpaired) electrons. The van der Waals surface area contributed by atoms with Crippen molar-refractivity contribution >= 4 is 23.4 Å². The van der Waals surface area contributed by atoms with Crippen LogP contribution >= 0.6 is 11.6 Å². The molecule has 0 saturated carbocycles. The van der Waals surface area contributed by atoms with Gasteiger partial charge in [0.1, 0.15) is 17.3 Å². The van der Waals surface area contributed by atoms with Crippen molar-refractivity contribution in [3.63, 3.8) is 0 Å². The van der Waals surface area contributed by atoms with E-state index < -0.39 is 12.3 Å². The number of ketones is 1. The number of hydrogen-bond donors (Lipinski definition) is 1. The summed E-state index contributed by atoms with van der Waals surface area (Å²) in [7, 11) is 0. The van der Waals surface area contributed by atoms with Crippen LogP contribution in [0.2, 0.25) is 5.02 Å². The van der Waals surface area contributed by atoms with Crippen LogP contribution in [0.3, 0.4) is 0 Å². The minimum absolute atomic E-state index is 0.0208. The minimum Gasteiger partial charge on any atom is -0.507 e. The normalized spacial score (nSPS) is 12.0. The lowest BCUT2D eigenvalue weighted by molar-refractivity contribution is -0.158. The van der Waals surface area contributed by atoms with Gasteiger partial charge in [-0.25, -0.2) is 4.98 Å². The number of aromatic hydroxyl groups is 1. The topological polar surface area (TPSA) is 98.9 Å². The summed E-state index contributed by atoms with van der Waals surface area (Å²) in [6.07, 6.45) is -0.0964. The lowest BCUT2D eigenvalue weighted by atomic mass is 10.0. The third kappa shape index (κ3) is 6.17. The molecule has 0 spiro atoms. The minimum atomic E-state index is -0.728. The van der Waals surface area contributed by atoms with Gasteiger partial charge < -0.3 is 19.0 Å². The lowest BCUT2D eigenvalue weighted by Gasteiger charge is -2.16. The zero-order valence-corrected chi connectivity index (χ0v) is 20.6. The molecule has 0 aliphatic rings. The number of halogens is 1. The fourth-order valence-electron chi connectivity index (χ4n) is 3.56. The molecule has 0 fully saturated rings. The van der Waals surface area contributed by atoms with E-state index in [-0.39, 0.29) is 23.9 Å².